The monoisotopic (exact) mass is 442 g/mol. The molecule has 170 valence electrons. The molecule has 0 aliphatic carbocycles. The zero-order valence-corrected chi connectivity index (χ0v) is 18.9. The summed E-state index contributed by atoms with van der Waals surface area (Å²) in [7, 11) is 5.69. The highest BCUT2D eigenvalue weighted by Gasteiger charge is 2.22. The summed E-state index contributed by atoms with van der Waals surface area (Å²) >= 11 is 0. The topological polar surface area (TPSA) is 93.5 Å². The molecule has 32 heavy (non-hydrogen) atoms. The van der Waals surface area contributed by atoms with Gasteiger partial charge in [0.2, 0.25) is 11.7 Å². The number of aryl methyl sites for hydroxylation is 1. The molecule has 2 rings (SSSR count). The predicted octanol–water partition coefficient (Wildman–Crippen LogP) is 3.24. The van der Waals surface area contributed by atoms with Crippen LogP contribution < -0.4 is 20.1 Å². The van der Waals surface area contributed by atoms with E-state index >= 15 is 4.39 Å². The molecule has 1 amide bonds. The second-order valence-corrected chi connectivity index (χ2v) is 6.52. The molecule has 0 heterocycles. The Kier molecular flexibility index (Phi) is 8.76. The molecule has 0 bridgehead atoms. The van der Waals surface area contributed by atoms with Crippen LogP contribution >= 0.6 is 0 Å². The molecule has 0 aliphatic rings. The molecule has 9 heteroatoms. The number of nitrogens with one attached hydrogen (secondary N) is 2. The van der Waals surface area contributed by atoms with E-state index in [2.05, 4.69) is 20.8 Å². The summed E-state index contributed by atoms with van der Waals surface area (Å²) in [5, 5.41) is 8.93. The fourth-order valence-corrected chi connectivity index (χ4v) is 2.71. The van der Waals surface area contributed by atoms with Crippen LogP contribution in [0.2, 0.25) is 0 Å². The lowest BCUT2D eigenvalue weighted by Crippen LogP contribution is -2.29. The smallest absolute Gasteiger partial charge is 0.273 e. The largest absolute Gasteiger partial charge is 0.437 e. The number of para-hydroxylation sites is 1. The van der Waals surface area contributed by atoms with Gasteiger partial charge in [0.25, 0.3) is 11.8 Å². The quantitative estimate of drug-likeness (QED) is 0.283. The van der Waals surface area contributed by atoms with Crippen molar-refractivity contribution in [2.75, 3.05) is 28.3 Å². The van der Waals surface area contributed by atoms with E-state index in [1.807, 2.05) is 26.0 Å². The minimum absolute atomic E-state index is 0.0301. The van der Waals surface area contributed by atoms with Gasteiger partial charge in [0.15, 0.2) is 5.71 Å². The van der Waals surface area contributed by atoms with Crippen molar-refractivity contribution in [3.8, 4) is 11.5 Å². The molecule has 2 aromatic carbocycles. The van der Waals surface area contributed by atoms with Crippen LogP contribution in [0.25, 0.3) is 0 Å². The Bertz CT molecular complexity index is 1060. The van der Waals surface area contributed by atoms with Crippen molar-refractivity contribution in [2.24, 2.45) is 10.1 Å². The van der Waals surface area contributed by atoms with Crippen molar-refractivity contribution in [1.82, 2.24) is 10.6 Å². The molecule has 0 unspecified atom stereocenters. The predicted molar refractivity (Wildman–Crippen MR) is 122 cm³/mol. The maximum atomic E-state index is 15.3. The highest BCUT2D eigenvalue weighted by Crippen LogP contribution is 2.25. The summed E-state index contributed by atoms with van der Waals surface area (Å²) < 4.78 is 26.8. The number of nitrogens with zero attached hydrogens (tertiary/aromatic N) is 2. The minimum Gasteiger partial charge on any atom is -0.437 e. The fraction of sp³-hybridized carbons (Fsp3) is 0.261. The van der Waals surface area contributed by atoms with Crippen molar-refractivity contribution >= 4 is 17.5 Å². The van der Waals surface area contributed by atoms with Gasteiger partial charge in [-0.2, -0.15) is 4.39 Å². The normalized spacial score (nSPS) is 12.6. The van der Waals surface area contributed by atoms with E-state index in [4.69, 9.17) is 14.3 Å². The summed E-state index contributed by atoms with van der Waals surface area (Å²) in [4.78, 5) is 21.0. The van der Waals surface area contributed by atoms with Crippen LogP contribution in [-0.4, -0.2) is 45.8 Å². The molecular weight excluding hydrogens is 415 g/mol. The number of oxime groups is 1. The van der Waals surface area contributed by atoms with E-state index in [-0.39, 0.29) is 23.2 Å². The highest BCUT2D eigenvalue weighted by molar-refractivity contribution is 6.45. The molecule has 8 nitrogen and oxygen atoms in total. The average Bonchev–Trinajstić information content (AvgIpc) is 2.81. The Labute approximate surface area is 186 Å². The maximum Gasteiger partial charge on any atom is 0.273 e. The molecule has 2 aromatic rings. The minimum atomic E-state index is -0.851. The molecule has 0 saturated carbocycles. The fourth-order valence-electron chi connectivity index (χ4n) is 2.71. The number of ether oxygens (including phenoxy) is 2. The Morgan fingerprint density at radius 1 is 0.969 bits per heavy atom. The lowest BCUT2D eigenvalue weighted by atomic mass is 10.1. The number of hydrogen-bond donors (Lipinski definition) is 2. The van der Waals surface area contributed by atoms with Gasteiger partial charge in [-0.1, -0.05) is 29.4 Å². The lowest BCUT2D eigenvalue weighted by molar-refractivity contribution is -0.114. The summed E-state index contributed by atoms with van der Waals surface area (Å²) in [5.74, 6) is -1.21. The third-order valence-corrected chi connectivity index (χ3v) is 4.56. The van der Waals surface area contributed by atoms with Crippen LogP contribution in [0.4, 0.5) is 4.39 Å². The number of benzene rings is 2. The highest BCUT2D eigenvalue weighted by atomic mass is 19.1. The number of carbonyl (C=O) groups is 1. The van der Waals surface area contributed by atoms with E-state index in [9.17, 15) is 4.79 Å². The van der Waals surface area contributed by atoms with E-state index in [0.717, 1.165) is 11.1 Å². The summed E-state index contributed by atoms with van der Waals surface area (Å²) in [6, 6.07) is 12.0. The first-order valence-corrected chi connectivity index (χ1v) is 9.77. The zero-order valence-electron chi connectivity index (χ0n) is 18.9. The first-order valence-electron chi connectivity index (χ1n) is 9.77. The van der Waals surface area contributed by atoms with Gasteiger partial charge in [0, 0.05) is 21.1 Å². The average molecular weight is 442 g/mol. The van der Waals surface area contributed by atoms with Crippen LogP contribution in [0.1, 0.15) is 16.7 Å². The first kappa shape index (κ1) is 24.4. The Morgan fingerprint density at radius 2 is 1.66 bits per heavy atom. The number of amides is 1. The number of hydrogen-bond acceptors (Lipinski definition) is 7. The van der Waals surface area contributed by atoms with Gasteiger partial charge in [0.05, 0.1) is 5.56 Å². The Balaban J connectivity index is 2.45. The summed E-state index contributed by atoms with van der Waals surface area (Å²) in [5.41, 5.74) is 2.14. The molecule has 0 saturated heterocycles. The Morgan fingerprint density at radius 3 is 2.28 bits per heavy atom. The molecular formula is C23H27FN4O4. The molecule has 0 fully saturated rings. The molecule has 2 N–H and O–H groups in total. The number of aliphatic imine (C=N–C) groups is 1. The van der Waals surface area contributed by atoms with Gasteiger partial charge in [-0.15, -0.1) is 0 Å². The number of rotatable bonds is 8. The standard InChI is InChI=1S/C23H27FN4O4/c1-14-10-9-13-17(15(14)2)31-22(26-4)19(24)23(27-5)32-18-12-8-7-11-16(18)20(28-30-6)21(29)25-3/h7-13,27H,1-6H3,(H,25,29)/b23-19-,26-22?,28-20+. The van der Waals surface area contributed by atoms with E-state index in [1.54, 1.807) is 30.3 Å². The van der Waals surface area contributed by atoms with Crippen LogP contribution in [0, 0.1) is 13.8 Å². The van der Waals surface area contributed by atoms with Crippen molar-refractivity contribution in [1.29, 1.82) is 0 Å². The van der Waals surface area contributed by atoms with Crippen molar-refractivity contribution in [3.05, 3.63) is 70.9 Å². The van der Waals surface area contributed by atoms with E-state index < -0.39 is 11.7 Å². The van der Waals surface area contributed by atoms with Crippen molar-refractivity contribution < 1.29 is 23.5 Å². The third-order valence-electron chi connectivity index (χ3n) is 4.56. The van der Waals surface area contributed by atoms with Gasteiger partial charge in [-0.3, -0.25) is 9.79 Å². The first-order chi connectivity index (χ1) is 15.4. The number of halogens is 1. The zero-order chi connectivity index (χ0) is 23.7. The van der Waals surface area contributed by atoms with Crippen LogP contribution in [0.5, 0.6) is 11.5 Å². The molecule has 0 aliphatic heterocycles. The number of carbonyl (C=O) groups excluding carboxylic acids is 1. The molecule has 0 spiro atoms. The van der Waals surface area contributed by atoms with Crippen molar-refractivity contribution in [2.45, 2.75) is 13.8 Å². The summed E-state index contributed by atoms with van der Waals surface area (Å²) in [6.45, 7) is 3.81. The van der Waals surface area contributed by atoms with Crippen LogP contribution in [0.15, 0.2) is 64.3 Å². The lowest BCUT2D eigenvalue weighted by Gasteiger charge is -2.16. The van der Waals surface area contributed by atoms with Gasteiger partial charge in [-0.25, -0.2) is 0 Å². The maximum absolute atomic E-state index is 15.3. The molecule has 0 atom stereocenters. The van der Waals surface area contributed by atoms with Gasteiger partial charge in [0.1, 0.15) is 18.6 Å². The van der Waals surface area contributed by atoms with Crippen LogP contribution in [0.3, 0.4) is 0 Å². The van der Waals surface area contributed by atoms with Crippen molar-refractivity contribution in [3.63, 3.8) is 0 Å². The second-order valence-electron chi connectivity index (χ2n) is 6.52. The summed E-state index contributed by atoms with van der Waals surface area (Å²) in [6.07, 6.45) is 0. The number of likely N-dealkylation sites (N-methyl/N-ethyl adjacent to an activating group) is 1. The van der Waals surface area contributed by atoms with E-state index in [0.29, 0.717) is 11.3 Å². The van der Waals surface area contributed by atoms with Gasteiger partial charge < -0.3 is 24.9 Å². The SMILES string of the molecule is CN=C(Oc1cccc(C)c1C)/C(F)=C(\NC)Oc1ccccc1/C(=N\OC)C(=O)NC. The molecule has 0 aromatic heterocycles. The third kappa shape index (κ3) is 5.63. The van der Waals surface area contributed by atoms with E-state index in [1.165, 1.54) is 28.3 Å². The molecule has 0 radical (unpaired) electrons. The van der Waals surface area contributed by atoms with Crippen LogP contribution in [-0.2, 0) is 9.63 Å². The second kappa shape index (κ2) is 11.5. The Hall–Kier alpha value is -3.88. The van der Waals surface area contributed by atoms with Gasteiger partial charge in [-0.05, 0) is 43.2 Å². The van der Waals surface area contributed by atoms with Gasteiger partial charge >= 0.3 is 0 Å².